The maximum absolute atomic E-state index is 12.8. The highest BCUT2D eigenvalue weighted by molar-refractivity contribution is 5.91. The number of benzene rings is 2. The van der Waals surface area contributed by atoms with Crippen molar-refractivity contribution in [1.29, 1.82) is 0 Å². The fourth-order valence-electron chi connectivity index (χ4n) is 3.53. The summed E-state index contributed by atoms with van der Waals surface area (Å²) in [5, 5.41) is 10.9. The van der Waals surface area contributed by atoms with Gasteiger partial charge in [0.25, 0.3) is 11.5 Å². The Kier molecular flexibility index (Phi) is 5.47. The number of carbonyl (C=O) groups excluding carboxylic acids is 1. The van der Waals surface area contributed by atoms with Crippen LogP contribution in [0, 0.1) is 6.92 Å². The van der Waals surface area contributed by atoms with Crippen LogP contribution in [0.1, 0.15) is 21.6 Å². The first-order chi connectivity index (χ1) is 14.6. The maximum Gasteiger partial charge on any atom is 0.286 e. The molecule has 8 heteroatoms. The molecule has 0 bridgehead atoms. The zero-order chi connectivity index (χ0) is 21.1. The van der Waals surface area contributed by atoms with Gasteiger partial charge in [-0.1, -0.05) is 35.9 Å². The summed E-state index contributed by atoms with van der Waals surface area (Å²) in [7, 11) is 1.61. The van der Waals surface area contributed by atoms with E-state index in [1.54, 1.807) is 7.11 Å². The molecule has 154 valence electrons. The van der Waals surface area contributed by atoms with Gasteiger partial charge >= 0.3 is 0 Å². The van der Waals surface area contributed by atoms with E-state index in [-0.39, 0.29) is 5.69 Å². The molecule has 1 aliphatic rings. The summed E-state index contributed by atoms with van der Waals surface area (Å²) in [6.07, 6.45) is 0.580. The molecule has 0 spiro atoms. The quantitative estimate of drug-likeness (QED) is 0.675. The summed E-state index contributed by atoms with van der Waals surface area (Å²) >= 11 is 0. The van der Waals surface area contributed by atoms with Crippen LogP contribution in [-0.4, -0.2) is 40.9 Å². The van der Waals surface area contributed by atoms with E-state index in [0.29, 0.717) is 32.0 Å². The van der Waals surface area contributed by atoms with E-state index in [1.807, 2.05) is 60.4 Å². The fourth-order valence-corrected chi connectivity index (χ4v) is 3.53. The topological polar surface area (TPSA) is 89.3 Å². The molecule has 0 atom stereocenters. The number of nitrogens with one attached hydrogen (secondary N) is 1. The Morgan fingerprint density at radius 3 is 2.63 bits per heavy atom. The molecular formula is C22H23N5O3. The van der Waals surface area contributed by atoms with Crippen LogP contribution in [-0.2, 0) is 13.0 Å². The molecule has 1 amide bonds. The van der Waals surface area contributed by atoms with Gasteiger partial charge < -0.3 is 15.0 Å². The summed E-state index contributed by atoms with van der Waals surface area (Å²) in [4.78, 5) is 27.3. The number of rotatable bonds is 6. The highest BCUT2D eigenvalue weighted by Crippen LogP contribution is 2.26. The van der Waals surface area contributed by atoms with Crippen molar-refractivity contribution in [3.63, 3.8) is 0 Å². The van der Waals surface area contributed by atoms with Crippen LogP contribution in [0.5, 0.6) is 5.75 Å². The smallest absolute Gasteiger partial charge is 0.286 e. The summed E-state index contributed by atoms with van der Waals surface area (Å²) < 4.78 is 6.82. The number of fused-ring (bicyclic) bond motifs is 1. The largest absolute Gasteiger partial charge is 0.496 e. The standard InChI is InChI=1S/C22H23N5O3/c1-15-7-9-17(10-8-15)26-13-14-27-21(29)19(24-25-22(26)27)20(28)23-12-11-16-5-3-4-6-18(16)30-2/h3-10H,11-14H2,1-2H3,(H,23,28). The lowest BCUT2D eigenvalue weighted by Gasteiger charge is -2.16. The van der Waals surface area contributed by atoms with Crippen LogP contribution in [0.3, 0.4) is 0 Å². The van der Waals surface area contributed by atoms with Gasteiger partial charge in [-0.2, -0.15) is 0 Å². The van der Waals surface area contributed by atoms with Crippen LogP contribution in [0.4, 0.5) is 11.6 Å². The van der Waals surface area contributed by atoms with Gasteiger partial charge in [0, 0.05) is 25.3 Å². The molecule has 30 heavy (non-hydrogen) atoms. The average molecular weight is 405 g/mol. The number of carbonyl (C=O) groups is 1. The second-order valence-corrected chi connectivity index (χ2v) is 7.11. The molecule has 8 nitrogen and oxygen atoms in total. The number of hydrogen-bond acceptors (Lipinski definition) is 6. The van der Waals surface area contributed by atoms with Gasteiger partial charge in [0.2, 0.25) is 11.6 Å². The molecule has 3 aromatic rings. The van der Waals surface area contributed by atoms with Crippen molar-refractivity contribution in [3.8, 4) is 5.75 Å². The molecule has 0 radical (unpaired) electrons. The third-order valence-corrected chi connectivity index (χ3v) is 5.15. The monoisotopic (exact) mass is 405 g/mol. The molecule has 1 aliphatic heterocycles. The lowest BCUT2D eigenvalue weighted by molar-refractivity contribution is 0.0945. The molecular weight excluding hydrogens is 382 g/mol. The van der Waals surface area contributed by atoms with Gasteiger partial charge in [0.1, 0.15) is 5.75 Å². The van der Waals surface area contributed by atoms with Crippen molar-refractivity contribution in [3.05, 3.63) is 75.7 Å². The van der Waals surface area contributed by atoms with E-state index in [4.69, 9.17) is 4.74 Å². The Balaban J connectivity index is 1.47. The van der Waals surface area contributed by atoms with Crippen molar-refractivity contribution in [2.75, 3.05) is 25.1 Å². The number of methoxy groups -OCH3 is 1. The third-order valence-electron chi connectivity index (χ3n) is 5.15. The number of ether oxygens (including phenoxy) is 1. The third kappa shape index (κ3) is 3.76. The van der Waals surface area contributed by atoms with Crippen molar-refractivity contribution in [2.45, 2.75) is 19.9 Å². The second kappa shape index (κ2) is 8.36. The first-order valence-electron chi connectivity index (χ1n) is 9.80. The zero-order valence-corrected chi connectivity index (χ0v) is 17.0. The number of nitrogens with zero attached hydrogens (tertiary/aromatic N) is 4. The maximum atomic E-state index is 12.8. The van der Waals surface area contributed by atoms with Crippen LogP contribution < -0.4 is 20.5 Å². The Morgan fingerprint density at radius 1 is 1.10 bits per heavy atom. The lowest BCUT2D eigenvalue weighted by atomic mass is 10.1. The number of aromatic nitrogens is 3. The van der Waals surface area contributed by atoms with E-state index >= 15 is 0 Å². The molecule has 0 unspecified atom stereocenters. The number of hydrogen-bond donors (Lipinski definition) is 1. The predicted octanol–water partition coefficient (Wildman–Crippen LogP) is 2.08. The van der Waals surface area contributed by atoms with Gasteiger partial charge in [-0.25, -0.2) is 0 Å². The van der Waals surface area contributed by atoms with Crippen LogP contribution >= 0.6 is 0 Å². The fraction of sp³-hybridized carbons (Fsp3) is 0.273. The summed E-state index contributed by atoms with van der Waals surface area (Å²) in [6.45, 7) is 3.44. The molecule has 1 N–H and O–H groups in total. The van der Waals surface area contributed by atoms with Crippen molar-refractivity contribution < 1.29 is 9.53 Å². The lowest BCUT2D eigenvalue weighted by Crippen LogP contribution is -2.35. The summed E-state index contributed by atoms with van der Waals surface area (Å²) in [6, 6.07) is 15.6. The number of anilines is 2. The van der Waals surface area contributed by atoms with E-state index in [0.717, 1.165) is 22.6 Å². The molecule has 2 heterocycles. The SMILES string of the molecule is COc1ccccc1CCNC(=O)c1nnc2n(c1=O)CCN2c1ccc(C)cc1. The van der Waals surface area contributed by atoms with Crippen molar-refractivity contribution in [2.24, 2.45) is 0 Å². The predicted molar refractivity (Wildman–Crippen MR) is 114 cm³/mol. The van der Waals surface area contributed by atoms with Crippen LogP contribution in [0.15, 0.2) is 53.3 Å². The number of aryl methyl sites for hydroxylation is 1. The minimum atomic E-state index is -0.522. The number of para-hydroxylation sites is 1. The molecule has 0 fully saturated rings. The van der Waals surface area contributed by atoms with Crippen molar-refractivity contribution >= 4 is 17.5 Å². The Morgan fingerprint density at radius 2 is 1.87 bits per heavy atom. The molecule has 0 saturated heterocycles. The van der Waals surface area contributed by atoms with Gasteiger partial charge in [-0.3, -0.25) is 14.2 Å². The molecule has 4 rings (SSSR count). The van der Waals surface area contributed by atoms with E-state index in [2.05, 4.69) is 15.5 Å². The molecule has 2 aromatic carbocycles. The highest BCUT2D eigenvalue weighted by atomic mass is 16.5. The van der Waals surface area contributed by atoms with E-state index in [9.17, 15) is 9.59 Å². The van der Waals surface area contributed by atoms with Crippen LogP contribution in [0.25, 0.3) is 0 Å². The molecule has 0 aliphatic carbocycles. The van der Waals surface area contributed by atoms with Gasteiger partial charge in [0.15, 0.2) is 0 Å². The second-order valence-electron chi connectivity index (χ2n) is 7.11. The first-order valence-corrected chi connectivity index (χ1v) is 9.80. The average Bonchev–Trinajstić information content (AvgIpc) is 3.20. The Labute approximate surface area is 174 Å². The molecule has 0 saturated carbocycles. The van der Waals surface area contributed by atoms with Gasteiger partial charge in [-0.05, 0) is 37.1 Å². The zero-order valence-electron chi connectivity index (χ0n) is 17.0. The first kappa shape index (κ1) is 19.6. The van der Waals surface area contributed by atoms with E-state index in [1.165, 1.54) is 4.57 Å². The Bertz CT molecular complexity index is 1120. The van der Waals surface area contributed by atoms with E-state index < -0.39 is 11.5 Å². The summed E-state index contributed by atoms with van der Waals surface area (Å²) in [5.74, 6) is 0.696. The van der Waals surface area contributed by atoms with Gasteiger partial charge in [-0.15, -0.1) is 10.2 Å². The van der Waals surface area contributed by atoms with Crippen LogP contribution in [0.2, 0.25) is 0 Å². The van der Waals surface area contributed by atoms with Gasteiger partial charge in [0.05, 0.1) is 7.11 Å². The van der Waals surface area contributed by atoms with Crippen molar-refractivity contribution in [1.82, 2.24) is 20.1 Å². The minimum absolute atomic E-state index is 0.190. The highest BCUT2D eigenvalue weighted by Gasteiger charge is 2.27. The minimum Gasteiger partial charge on any atom is -0.496 e. The summed E-state index contributed by atoms with van der Waals surface area (Å²) in [5.41, 5.74) is 2.45. The number of amides is 1. The Hall–Kier alpha value is -3.68. The normalized spacial score (nSPS) is 12.5. The molecule has 1 aromatic heterocycles.